The monoisotopic (exact) mass is 196 g/mol. The zero-order valence-electron chi connectivity index (χ0n) is 8.86. The van der Waals surface area contributed by atoms with Gasteiger partial charge in [-0.25, -0.2) is 4.99 Å². The van der Waals surface area contributed by atoms with Crippen LogP contribution in [0.1, 0.15) is 19.4 Å². The van der Waals surface area contributed by atoms with Gasteiger partial charge >= 0.3 is 0 Å². The number of fused-ring (bicyclic) bond motifs is 3. The Kier molecular flexibility index (Phi) is 1.52. The number of benzene rings is 1. The van der Waals surface area contributed by atoms with E-state index in [0.717, 1.165) is 11.4 Å². The fraction of sp³-hybridized carbons (Fsp3) is 0.231. The Morgan fingerprint density at radius 3 is 2.80 bits per heavy atom. The fourth-order valence-corrected chi connectivity index (χ4v) is 2.10. The Morgan fingerprint density at radius 1 is 1.13 bits per heavy atom. The van der Waals surface area contributed by atoms with E-state index in [4.69, 9.17) is 0 Å². The molecule has 0 saturated carbocycles. The summed E-state index contributed by atoms with van der Waals surface area (Å²) in [5, 5.41) is 0. The minimum atomic E-state index is -0.191. The van der Waals surface area contributed by atoms with Crippen LogP contribution in [0.3, 0.4) is 0 Å². The molecule has 74 valence electrons. The molecular weight excluding hydrogens is 184 g/mol. The number of nitrogens with zero attached hydrogens (tertiary/aromatic N) is 2. The maximum atomic E-state index is 4.66. The zero-order valence-corrected chi connectivity index (χ0v) is 8.86. The van der Waals surface area contributed by atoms with Gasteiger partial charge in [0.1, 0.15) is 0 Å². The quantitative estimate of drug-likeness (QED) is 0.609. The van der Waals surface area contributed by atoms with Gasteiger partial charge in [0.2, 0.25) is 0 Å². The topological polar surface area (TPSA) is 24.7 Å². The van der Waals surface area contributed by atoms with Gasteiger partial charge < -0.3 is 0 Å². The lowest BCUT2D eigenvalue weighted by atomic mass is 9.88. The second-order valence-electron chi connectivity index (χ2n) is 4.40. The van der Waals surface area contributed by atoms with Crippen LogP contribution in [-0.2, 0) is 0 Å². The molecule has 0 fully saturated rings. The van der Waals surface area contributed by atoms with Gasteiger partial charge in [-0.3, -0.25) is 4.99 Å². The third kappa shape index (κ3) is 1.11. The van der Waals surface area contributed by atoms with Gasteiger partial charge in [-0.05, 0) is 26.0 Å². The van der Waals surface area contributed by atoms with Crippen LogP contribution in [0.5, 0.6) is 0 Å². The summed E-state index contributed by atoms with van der Waals surface area (Å²) in [5.74, 6) is 0. The van der Waals surface area contributed by atoms with Crippen molar-refractivity contribution in [2.24, 2.45) is 9.98 Å². The van der Waals surface area contributed by atoms with Gasteiger partial charge in [0, 0.05) is 17.4 Å². The lowest BCUT2D eigenvalue weighted by Gasteiger charge is -2.23. The number of aliphatic imine (C=N–C) groups is 2. The van der Waals surface area contributed by atoms with Crippen LogP contribution in [0.15, 0.2) is 40.3 Å². The molecule has 15 heavy (non-hydrogen) atoms. The molecular formula is C13H12N2. The summed E-state index contributed by atoms with van der Waals surface area (Å²) in [6.07, 6.45) is 3.94. The van der Waals surface area contributed by atoms with Crippen LogP contribution >= 0.6 is 0 Å². The molecule has 2 aliphatic rings. The van der Waals surface area contributed by atoms with Crippen LogP contribution in [0.25, 0.3) is 5.57 Å². The van der Waals surface area contributed by atoms with Crippen molar-refractivity contribution in [3.05, 3.63) is 35.9 Å². The van der Waals surface area contributed by atoms with E-state index in [9.17, 15) is 0 Å². The first kappa shape index (κ1) is 8.60. The van der Waals surface area contributed by atoms with E-state index in [-0.39, 0.29) is 5.54 Å². The predicted octanol–water partition coefficient (Wildman–Crippen LogP) is 3.02. The van der Waals surface area contributed by atoms with Crippen LogP contribution in [0, 0.1) is 0 Å². The minimum absolute atomic E-state index is 0.191. The Bertz CT molecular complexity index is 519. The average molecular weight is 196 g/mol. The van der Waals surface area contributed by atoms with Crippen LogP contribution in [0.4, 0.5) is 5.69 Å². The van der Waals surface area contributed by atoms with Crippen molar-refractivity contribution < 1.29 is 0 Å². The van der Waals surface area contributed by atoms with Crippen LogP contribution < -0.4 is 0 Å². The van der Waals surface area contributed by atoms with Crippen LogP contribution in [0.2, 0.25) is 0 Å². The minimum Gasteiger partial charge on any atom is -0.281 e. The molecule has 1 aromatic carbocycles. The van der Waals surface area contributed by atoms with E-state index >= 15 is 0 Å². The van der Waals surface area contributed by atoms with Gasteiger partial charge in [-0.2, -0.15) is 0 Å². The van der Waals surface area contributed by atoms with Crippen molar-refractivity contribution >= 4 is 23.2 Å². The second kappa shape index (κ2) is 2.66. The summed E-state index contributed by atoms with van der Waals surface area (Å²) in [6.45, 7) is 4.20. The lowest BCUT2D eigenvalue weighted by molar-refractivity contribution is 0.710. The summed E-state index contributed by atoms with van der Waals surface area (Å²) in [5.41, 5.74) is 4.42. The van der Waals surface area contributed by atoms with Gasteiger partial charge in [0.25, 0.3) is 0 Å². The van der Waals surface area contributed by atoms with E-state index in [1.807, 2.05) is 12.3 Å². The zero-order chi connectivity index (χ0) is 10.5. The Balaban J connectivity index is 2.25. The highest BCUT2D eigenvalue weighted by Crippen LogP contribution is 2.39. The first-order chi connectivity index (χ1) is 7.18. The molecule has 0 N–H and O–H groups in total. The number of para-hydroxylation sites is 1. The van der Waals surface area contributed by atoms with Crippen molar-refractivity contribution in [2.45, 2.75) is 19.4 Å². The first-order valence-electron chi connectivity index (χ1n) is 5.13. The molecule has 0 atom stereocenters. The predicted molar refractivity (Wildman–Crippen MR) is 64.1 cm³/mol. The lowest BCUT2D eigenvalue weighted by Crippen LogP contribution is -2.31. The highest BCUT2D eigenvalue weighted by atomic mass is 14.9. The smallest absolute Gasteiger partial charge is 0.0976 e. The summed E-state index contributed by atoms with van der Waals surface area (Å²) in [4.78, 5) is 9.12. The molecule has 0 aliphatic carbocycles. The number of allylic oxidation sites excluding steroid dienone is 1. The number of rotatable bonds is 0. The molecule has 0 bridgehead atoms. The van der Waals surface area contributed by atoms with E-state index in [2.05, 4.69) is 48.1 Å². The van der Waals surface area contributed by atoms with E-state index in [0.29, 0.717) is 0 Å². The van der Waals surface area contributed by atoms with Gasteiger partial charge in [-0.1, -0.05) is 18.2 Å². The van der Waals surface area contributed by atoms with Crippen molar-refractivity contribution in [1.29, 1.82) is 0 Å². The third-order valence-corrected chi connectivity index (χ3v) is 2.90. The number of dihydropyridines is 1. The summed E-state index contributed by atoms with van der Waals surface area (Å²) in [6, 6.07) is 8.25. The Hall–Kier alpha value is -1.70. The van der Waals surface area contributed by atoms with Crippen molar-refractivity contribution in [1.82, 2.24) is 0 Å². The number of hydrogen-bond donors (Lipinski definition) is 0. The van der Waals surface area contributed by atoms with Crippen LogP contribution in [-0.4, -0.2) is 17.5 Å². The van der Waals surface area contributed by atoms with Gasteiger partial charge in [0.15, 0.2) is 0 Å². The maximum Gasteiger partial charge on any atom is 0.0976 e. The molecule has 0 aromatic heterocycles. The molecule has 1 aromatic rings. The standard InChI is InChI=1S/C13H12N2/c1-13(2)12-10(7-8-14-13)9-5-3-4-6-11(9)15-12/h3-8H,1-2H3. The first-order valence-corrected chi connectivity index (χ1v) is 5.13. The molecule has 0 spiro atoms. The SMILES string of the molecule is CC1(C)N=CC=C2C1=Nc1ccccc12. The van der Waals surface area contributed by atoms with Crippen molar-refractivity contribution in [3.8, 4) is 0 Å². The van der Waals surface area contributed by atoms with E-state index < -0.39 is 0 Å². The summed E-state index contributed by atoms with van der Waals surface area (Å²) >= 11 is 0. The molecule has 2 heterocycles. The molecule has 0 amide bonds. The largest absolute Gasteiger partial charge is 0.281 e. The average Bonchev–Trinajstić information content (AvgIpc) is 2.58. The Labute approximate surface area is 89.1 Å². The molecule has 3 rings (SSSR count). The van der Waals surface area contributed by atoms with Gasteiger partial charge in [-0.15, -0.1) is 0 Å². The van der Waals surface area contributed by atoms with E-state index in [1.54, 1.807) is 0 Å². The second-order valence-corrected chi connectivity index (χ2v) is 4.40. The fourth-order valence-electron chi connectivity index (χ4n) is 2.10. The molecule has 0 radical (unpaired) electrons. The van der Waals surface area contributed by atoms with Crippen molar-refractivity contribution in [2.75, 3.05) is 0 Å². The van der Waals surface area contributed by atoms with Gasteiger partial charge in [0.05, 0.1) is 16.9 Å². The molecule has 0 saturated heterocycles. The Morgan fingerprint density at radius 2 is 1.93 bits per heavy atom. The highest BCUT2D eigenvalue weighted by molar-refractivity contribution is 6.35. The van der Waals surface area contributed by atoms with E-state index in [1.165, 1.54) is 11.1 Å². The summed E-state index contributed by atoms with van der Waals surface area (Å²) in [7, 11) is 0. The third-order valence-electron chi connectivity index (χ3n) is 2.90. The van der Waals surface area contributed by atoms with Crippen molar-refractivity contribution in [3.63, 3.8) is 0 Å². The molecule has 2 heteroatoms. The number of hydrogen-bond acceptors (Lipinski definition) is 2. The molecule has 2 nitrogen and oxygen atoms in total. The maximum absolute atomic E-state index is 4.66. The normalized spacial score (nSPS) is 20.4. The highest BCUT2D eigenvalue weighted by Gasteiger charge is 2.33. The molecule has 2 aliphatic heterocycles. The molecule has 0 unspecified atom stereocenters. The summed E-state index contributed by atoms with van der Waals surface area (Å²) < 4.78 is 0.